The Labute approximate surface area is 105 Å². The van der Waals surface area contributed by atoms with Gasteiger partial charge in [-0.1, -0.05) is 26.2 Å². The van der Waals surface area contributed by atoms with Gasteiger partial charge in [-0.2, -0.15) is 4.98 Å². The lowest BCUT2D eigenvalue weighted by atomic mass is 10.2. The lowest BCUT2D eigenvalue weighted by molar-refractivity contribution is 0.656. The third kappa shape index (κ3) is 2.69. The predicted molar refractivity (Wildman–Crippen MR) is 71.9 cm³/mol. The summed E-state index contributed by atoms with van der Waals surface area (Å²) in [5.74, 6) is 0.580. The van der Waals surface area contributed by atoms with E-state index in [0.29, 0.717) is 17.1 Å². The quantitative estimate of drug-likeness (QED) is 0.763. The van der Waals surface area contributed by atoms with Gasteiger partial charge in [0.05, 0.1) is 6.33 Å². The van der Waals surface area contributed by atoms with E-state index in [1.54, 1.807) is 0 Å². The Kier molecular flexibility index (Phi) is 3.96. The summed E-state index contributed by atoms with van der Waals surface area (Å²) in [6.45, 7) is 3.08. The van der Waals surface area contributed by atoms with Gasteiger partial charge in [-0.05, 0) is 6.42 Å². The fraction of sp³-hybridized carbons (Fsp3) is 0.583. The standard InChI is InChI=1S/C12H19N5O/c1-3-4-5-6-7-17(2)12-15-10-9(11(18)16-12)13-8-14-10/h8H,3-7H2,1-2H3,(H2,13,14,15,16,18). The summed E-state index contributed by atoms with van der Waals surface area (Å²) in [5.41, 5.74) is 0.722. The van der Waals surface area contributed by atoms with Gasteiger partial charge in [0.1, 0.15) is 0 Å². The zero-order valence-electron chi connectivity index (χ0n) is 10.9. The van der Waals surface area contributed by atoms with Crippen molar-refractivity contribution in [1.29, 1.82) is 0 Å². The molecular weight excluding hydrogens is 230 g/mol. The maximum atomic E-state index is 11.7. The van der Waals surface area contributed by atoms with Gasteiger partial charge in [0.2, 0.25) is 5.95 Å². The third-order valence-corrected chi connectivity index (χ3v) is 2.99. The van der Waals surface area contributed by atoms with Crippen molar-refractivity contribution in [3.8, 4) is 0 Å². The fourth-order valence-corrected chi connectivity index (χ4v) is 1.89. The van der Waals surface area contributed by atoms with Gasteiger partial charge in [-0.3, -0.25) is 9.78 Å². The van der Waals surface area contributed by atoms with Crippen LogP contribution in [0.15, 0.2) is 11.1 Å². The molecule has 0 fully saturated rings. The number of H-pyrrole nitrogens is 2. The molecule has 2 rings (SSSR count). The van der Waals surface area contributed by atoms with Gasteiger partial charge in [-0.25, -0.2) is 4.98 Å². The summed E-state index contributed by atoms with van der Waals surface area (Å²) in [6.07, 6.45) is 6.26. The molecule has 0 aliphatic carbocycles. The number of imidazole rings is 1. The number of aromatic amines is 2. The zero-order chi connectivity index (χ0) is 13.0. The normalized spacial score (nSPS) is 11.0. The fourth-order valence-electron chi connectivity index (χ4n) is 1.89. The molecule has 98 valence electrons. The molecule has 0 aromatic carbocycles. The maximum absolute atomic E-state index is 11.7. The van der Waals surface area contributed by atoms with Crippen molar-refractivity contribution in [1.82, 2.24) is 19.9 Å². The van der Waals surface area contributed by atoms with Crippen LogP contribution < -0.4 is 10.5 Å². The summed E-state index contributed by atoms with van der Waals surface area (Å²) in [6, 6.07) is 0. The second-order valence-corrected chi connectivity index (χ2v) is 4.47. The number of hydrogen-bond donors (Lipinski definition) is 2. The smallest absolute Gasteiger partial charge is 0.278 e. The molecular formula is C12H19N5O. The Hall–Kier alpha value is -1.85. The Morgan fingerprint density at radius 3 is 2.94 bits per heavy atom. The van der Waals surface area contributed by atoms with Crippen LogP contribution in [0, 0.1) is 0 Å². The van der Waals surface area contributed by atoms with Crippen LogP contribution in [0.2, 0.25) is 0 Å². The summed E-state index contributed by atoms with van der Waals surface area (Å²) in [4.78, 5) is 27.6. The molecule has 0 spiro atoms. The van der Waals surface area contributed by atoms with Crippen molar-refractivity contribution in [2.75, 3.05) is 18.5 Å². The number of nitrogens with zero attached hydrogens (tertiary/aromatic N) is 3. The minimum atomic E-state index is -0.173. The topological polar surface area (TPSA) is 77.7 Å². The Morgan fingerprint density at radius 1 is 1.33 bits per heavy atom. The highest BCUT2D eigenvalue weighted by Gasteiger charge is 2.08. The molecule has 2 aromatic heterocycles. The monoisotopic (exact) mass is 249 g/mol. The molecule has 2 heterocycles. The molecule has 6 nitrogen and oxygen atoms in total. The molecule has 0 aliphatic heterocycles. The van der Waals surface area contributed by atoms with E-state index in [9.17, 15) is 4.79 Å². The lowest BCUT2D eigenvalue weighted by Gasteiger charge is -2.16. The summed E-state index contributed by atoms with van der Waals surface area (Å²) >= 11 is 0. The number of nitrogens with one attached hydrogen (secondary N) is 2. The van der Waals surface area contributed by atoms with Crippen molar-refractivity contribution in [2.45, 2.75) is 32.6 Å². The molecule has 2 aromatic rings. The van der Waals surface area contributed by atoms with Crippen LogP contribution in [0.3, 0.4) is 0 Å². The molecule has 0 unspecified atom stereocenters. The number of anilines is 1. The maximum Gasteiger partial charge on any atom is 0.278 e. The minimum Gasteiger partial charge on any atom is -0.345 e. The number of fused-ring (bicyclic) bond motifs is 1. The van der Waals surface area contributed by atoms with Crippen LogP contribution in [0.1, 0.15) is 32.6 Å². The Balaban J connectivity index is 2.08. The highest BCUT2D eigenvalue weighted by atomic mass is 16.1. The predicted octanol–water partition coefficient (Wildman–Crippen LogP) is 1.66. The number of rotatable bonds is 6. The molecule has 0 aliphatic rings. The van der Waals surface area contributed by atoms with E-state index in [1.165, 1.54) is 25.6 Å². The molecule has 0 atom stereocenters. The average Bonchev–Trinajstić information content (AvgIpc) is 2.83. The van der Waals surface area contributed by atoms with Crippen LogP contribution in [-0.4, -0.2) is 33.5 Å². The van der Waals surface area contributed by atoms with E-state index in [4.69, 9.17) is 0 Å². The van der Waals surface area contributed by atoms with E-state index >= 15 is 0 Å². The highest BCUT2D eigenvalue weighted by molar-refractivity contribution is 5.69. The van der Waals surface area contributed by atoms with E-state index < -0.39 is 0 Å². The van der Waals surface area contributed by atoms with Crippen molar-refractivity contribution in [3.05, 3.63) is 16.7 Å². The second kappa shape index (κ2) is 5.66. The van der Waals surface area contributed by atoms with E-state index in [-0.39, 0.29) is 5.56 Å². The first-order valence-corrected chi connectivity index (χ1v) is 6.37. The molecule has 0 saturated carbocycles. The van der Waals surface area contributed by atoms with Crippen LogP contribution >= 0.6 is 0 Å². The molecule has 18 heavy (non-hydrogen) atoms. The first kappa shape index (κ1) is 12.6. The molecule has 2 N–H and O–H groups in total. The minimum absolute atomic E-state index is 0.173. The van der Waals surface area contributed by atoms with Crippen molar-refractivity contribution in [2.24, 2.45) is 0 Å². The summed E-state index contributed by atoms with van der Waals surface area (Å²) in [5, 5.41) is 0. The van der Waals surface area contributed by atoms with Crippen molar-refractivity contribution < 1.29 is 0 Å². The van der Waals surface area contributed by atoms with Gasteiger partial charge in [-0.15, -0.1) is 0 Å². The molecule has 0 amide bonds. The first-order valence-electron chi connectivity index (χ1n) is 6.37. The van der Waals surface area contributed by atoms with E-state index in [0.717, 1.165) is 13.0 Å². The summed E-state index contributed by atoms with van der Waals surface area (Å²) < 4.78 is 0. The van der Waals surface area contributed by atoms with Gasteiger partial charge < -0.3 is 9.88 Å². The molecule has 0 bridgehead atoms. The van der Waals surface area contributed by atoms with Gasteiger partial charge in [0.25, 0.3) is 5.56 Å². The van der Waals surface area contributed by atoms with Crippen LogP contribution in [0.5, 0.6) is 0 Å². The van der Waals surface area contributed by atoms with Crippen LogP contribution in [0.25, 0.3) is 11.2 Å². The molecule has 0 saturated heterocycles. The van der Waals surface area contributed by atoms with Gasteiger partial charge in [0, 0.05) is 13.6 Å². The number of unbranched alkanes of at least 4 members (excludes halogenated alkanes) is 3. The van der Waals surface area contributed by atoms with Crippen molar-refractivity contribution >= 4 is 17.1 Å². The van der Waals surface area contributed by atoms with Crippen LogP contribution in [0.4, 0.5) is 5.95 Å². The Morgan fingerprint density at radius 2 is 2.17 bits per heavy atom. The number of aromatic nitrogens is 4. The second-order valence-electron chi connectivity index (χ2n) is 4.47. The average molecular weight is 249 g/mol. The third-order valence-electron chi connectivity index (χ3n) is 2.99. The molecule has 0 radical (unpaired) electrons. The van der Waals surface area contributed by atoms with E-state index in [1.807, 2.05) is 11.9 Å². The molecule has 6 heteroatoms. The zero-order valence-corrected chi connectivity index (χ0v) is 10.9. The van der Waals surface area contributed by atoms with Gasteiger partial charge in [0.15, 0.2) is 11.2 Å². The highest BCUT2D eigenvalue weighted by Crippen LogP contribution is 2.08. The largest absolute Gasteiger partial charge is 0.345 e. The first-order chi connectivity index (χ1) is 8.72. The Bertz CT molecular complexity index is 559. The van der Waals surface area contributed by atoms with Crippen LogP contribution in [-0.2, 0) is 0 Å². The van der Waals surface area contributed by atoms with Gasteiger partial charge >= 0.3 is 0 Å². The van der Waals surface area contributed by atoms with E-state index in [2.05, 4.69) is 26.9 Å². The number of hydrogen-bond acceptors (Lipinski definition) is 4. The SMILES string of the molecule is CCCCCCN(C)c1nc2nc[nH]c2c(=O)[nH]1. The van der Waals surface area contributed by atoms with Crippen molar-refractivity contribution in [3.63, 3.8) is 0 Å². The summed E-state index contributed by atoms with van der Waals surface area (Å²) in [7, 11) is 1.93. The lowest BCUT2D eigenvalue weighted by Crippen LogP contribution is -2.24.